The predicted octanol–water partition coefficient (Wildman–Crippen LogP) is 3.40. The third-order valence-electron chi connectivity index (χ3n) is 1.74. The predicted molar refractivity (Wildman–Crippen MR) is 43.7 cm³/mol. The molecule has 1 nitrogen and oxygen atoms in total. The third kappa shape index (κ3) is 2.59. The number of halogens is 4. The highest BCUT2D eigenvalue weighted by Crippen LogP contribution is 2.34. The van der Waals surface area contributed by atoms with E-state index in [1.807, 2.05) is 0 Å². The summed E-state index contributed by atoms with van der Waals surface area (Å²) in [6.07, 6.45) is -2.97. The van der Waals surface area contributed by atoms with Gasteiger partial charge in [0.1, 0.15) is 5.15 Å². The first-order chi connectivity index (χ1) is 5.91. The SMILES string of the molecule is CC(c1ccnc(Cl)c1)C(F)(F)F. The van der Waals surface area contributed by atoms with Crippen molar-refractivity contribution in [3.05, 3.63) is 29.0 Å². The van der Waals surface area contributed by atoms with Crippen molar-refractivity contribution in [2.24, 2.45) is 0 Å². The van der Waals surface area contributed by atoms with Crippen molar-refractivity contribution in [3.8, 4) is 0 Å². The highest BCUT2D eigenvalue weighted by molar-refractivity contribution is 6.29. The largest absolute Gasteiger partial charge is 0.395 e. The molecule has 0 saturated carbocycles. The number of aromatic nitrogens is 1. The van der Waals surface area contributed by atoms with Crippen LogP contribution in [0.4, 0.5) is 13.2 Å². The molecule has 1 rings (SSSR count). The van der Waals surface area contributed by atoms with E-state index in [2.05, 4.69) is 4.98 Å². The first-order valence-electron chi connectivity index (χ1n) is 3.59. The van der Waals surface area contributed by atoms with Crippen LogP contribution < -0.4 is 0 Å². The van der Waals surface area contributed by atoms with E-state index < -0.39 is 12.1 Å². The summed E-state index contributed by atoms with van der Waals surface area (Å²) in [7, 11) is 0. The maximum Gasteiger partial charge on any atom is 0.395 e. The fraction of sp³-hybridized carbons (Fsp3) is 0.375. The molecule has 1 aromatic heterocycles. The summed E-state index contributed by atoms with van der Waals surface area (Å²) in [5.41, 5.74) is 0.132. The van der Waals surface area contributed by atoms with Gasteiger partial charge in [0.15, 0.2) is 0 Å². The topological polar surface area (TPSA) is 12.9 Å². The molecule has 0 aliphatic carbocycles. The fourth-order valence-electron chi connectivity index (χ4n) is 0.876. The van der Waals surface area contributed by atoms with Crippen molar-refractivity contribution < 1.29 is 13.2 Å². The van der Waals surface area contributed by atoms with Gasteiger partial charge in [0.25, 0.3) is 0 Å². The van der Waals surface area contributed by atoms with Crippen LogP contribution in [0, 0.1) is 0 Å². The number of rotatable bonds is 1. The Morgan fingerprint density at radius 2 is 2.08 bits per heavy atom. The van der Waals surface area contributed by atoms with Gasteiger partial charge in [-0.2, -0.15) is 13.2 Å². The van der Waals surface area contributed by atoms with Crippen molar-refractivity contribution in [2.45, 2.75) is 19.0 Å². The lowest BCUT2D eigenvalue weighted by Gasteiger charge is -2.15. The highest BCUT2D eigenvalue weighted by atomic mass is 35.5. The summed E-state index contributed by atoms with van der Waals surface area (Å²) in [5.74, 6) is -1.51. The molecule has 0 aromatic carbocycles. The van der Waals surface area contributed by atoms with Crippen molar-refractivity contribution in [1.82, 2.24) is 4.98 Å². The molecule has 0 saturated heterocycles. The van der Waals surface area contributed by atoms with Crippen LogP contribution in [-0.4, -0.2) is 11.2 Å². The molecule has 0 amide bonds. The number of hydrogen-bond acceptors (Lipinski definition) is 1. The number of alkyl halides is 3. The van der Waals surface area contributed by atoms with E-state index in [4.69, 9.17) is 11.6 Å². The van der Waals surface area contributed by atoms with E-state index in [0.29, 0.717) is 0 Å². The fourth-order valence-corrected chi connectivity index (χ4v) is 1.06. The molecule has 72 valence electrons. The molecule has 0 aliphatic heterocycles. The summed E-state index contributed by atoms with van der Waals surface area (Å²) >= 11 is 5.46. The Hall–Kier alpha value is -0.770. The monoisotopic (exact) mass is 209 g/mol. The molecule has 0 bridgehead atoms. The second kappa shape index (κ2) is 3.54. The van der Waals surface area contributed by atoms with Gasteiger partial charge in [0.2, 0.25) is 0 Å². The summed E-state index contributed by atoms with van der Waals surface area (Å²) in [5, 5.41) is 0.0774. The molecule has 0 radical (unpaired) electrons. The summed E-state index contributed by atoms with van der Waals surface area (Å²) in [4.78, 5) is 3.60. The maximum absolute atomic E-state index is 12.2. The quantitative estimate of drug-likeness (QED) is 0.646. The minimum Gasteiger partial charge on any atom is -0.245 e. The zero-order valence-corrected chi connectivity index (χ0v) is 7.52. The molecule has 1 aromatic rings. The number of hydrogen-bond donors (Lipinski definition) is 0. The molecule has 0 spiro atoms. The lowest BCUT2D eigenvalue weighted by Crippen LogP contribution is -2.17. The average molecular weight is 210 g/mol. The van der Waals surface area contributed by atoms with Gasteiger partial charge in [-0.3, -0.25) is 0 Å². The Kier molecular flexibility index (Phi) is 2.81. The van der Waals surface area contributed by atoms with Gasteiger partial charge in [-0.25, -0.2) is 4.98 Å². The molecule has 5 heteroatoms. The van der Waals surface area contributed by atoms with Crippen LogP contribution in [0.5, 0.6) is 0 Å². The van der Waals surface area contributed by atoms with E-state index in [-0.39, 0.29) is 10.7 Å². The van der Waals surface area contributed by atoms with Crippen LogP contribution in [0.3, 0.4) is 0 Å². The van der Waals surface area contributed by atoms with Crippen LogP contribution >= 0.6 is 11.6 Å². The average Bonchev–Trinajstić information content (AvgIpc) is 2.01. The standard InChI is InChI=1S/C8H7ClF3N/c1-5(8(10,11)12)6-2-3-13-7(9)4-6/h2-5H,1H3. The maximum atomic E-state index is 12.2. The first kappa shape index (κ1) is 10.3. The van der Waals surface area contributed by atoms with Crippen molar-refractivity contribution >= 4 is 11.6 Å². The number of nitrogens with zero attached hydrogens (tertiary/aromatic N) is 1. The summed E-state index contributed by atoms with van der Waals surface area (Å²) in [6.45, 7) is 1.09. The van der Waals surface area contributed by atoms with Gasteiger partial charge in [0.05, 0.1) is 5.92 Å². The minimum atomic E-state index is -4.23. The Bertz CT molecular complexity index is 298. The molecule has 1 unspecified atom stereocenters. The lowest BCUT2D eigenvalue weighted by molar-refractivity contribution is -0.146. The highest BCUT2D eigenvalue weighted by Gasteiger charge is 2.36. The Morgan fingerprint density at radius 1 is 1.46 bits per heavy atom. The van der Waals surface area contributed by atoms with E-state index in [0.717, 1.165) is 6.92 Å². The van der Waals surface area contributed by atoms with Gasteiger partial charge in [0, 0.05) is 6.20 Å². The van der Waals surface area contributed by atoms with Gasteiger partial charge < -0.3 is 0 Å². The van der Waals surface area contributed by atoms with Crippen molar-refractivity contribution in [3.63, 3.8) is 0 Å². The molecule has 0 aliphatic rings. The Morgan fingerprint density at radius 3 is 2.54 bits per heavy atom. The van der Waals surface area contributed by atoms with Crippen LogP contribution in [0.15, 0.2) is 18.3 Å². The molecule has 0 fully saturated rings. The number of pyridine rings is 1. The Balaban J connectivity index is 2.96. The minimum absolute atomic E-state index is 0.0774. The summed E-state index contributed by atoms with van der Waals surface area (Å²) in [6, 6.07) is 2.53. The normalized spacial score (nSPS) is 14.2. The van der Waals surface area contributed by atoms with Crippen molar-refractivity contribution in [1.29, 1.82) is 0 Å². The Labute approximate surface area is 78.5 Å². The third-order valence-corrected chi connectivity index (χ3v) is 1.95. The van der Waals surface area contributed by atoms with E-state index in [1.54, 1.807) is 0 Å². The lowest BCUT2D eigenvalue weighted by atomic mass is 10.0. The van der Waals surface area contributed by atoms with Gasteiger partial charge in [-0.15, -0.1) is 0 Å². The first-order valence-corrected chi connectivity index (χ1v) is 3.97. The second-order valence-corrected chi connectivity index (χ2v) is 3.06. The molecular weight excluding hydrogens is 203 g/mol. The smallest absolute Gasteiger partial charge is 0.245 e. The van der Waals surface area contributed by atoms with Gasteiger partial charge in [-0.1, -0.05) is 11.6 Å². The van der Waals surface area contributed by atoms with Crippen LogP contribution in [0.1, 0.15) is 18.4 Å². The van der Waals surface area contributed by atoms with E-state index >= 15 is 0 Å². The molecule has 1 atom stereocenters. The zero-order valence-electron chi connectivity index (χ0n) is 6.77. The molecular formula is C8H7ClF3N. The molecule has 1 heterocycles. The van der Waals surface area contributed by atoms with Crippen LogP contribution in [0.2, 0.25) is 5.15 Å². The van der Waals surface area contributed by atoms with Gasteiger partial charge >= 0.3 is 6.18 Å². The van der Waals surface area contributed by atoms with E-state index in [9.17, 15) is 13.2 Å². The molecule has 13 heavy (non-hydrogen) atoms. The zero-order chi connectivity index (χ0) is 10.1. The van der Waals surface area contributed by atoms with Crippen LogP contribution in [0.25, 0.3) is 0 Å². The van der Waals surface area contributed by atoms with Crippen molar-refractivity contribution in [2.75, 3.05) is 0 Å². The second-order valence-electron chi connectivity index (χ2n) is 2.68. The molecule has 0 N–H and O–H groups in total. The van der Waals surface area contributed by atoms with Gasteiger partial charge in [-0.05, 0) is 24.6 Å². The summed E-state index contributed by atoms with van der Waals surface area (Å²) < 4.78 is 36.6. The van der Waals surface area contributed by atoms with E-state index in [1.165, 1.54) is 18.3 Å². The van der Waals surface area contributed by atoms with Crippen LogP contribution in [-0.2, 0) is 0 Å².